The smallest absolute Gasteiger partial charge is 0.317 e. The molecule has 0 aromatic heterocycles. The average molecular weight is 361 g/mol. The molecule has 2 heteroatoms. The van der Waals surface area contributed by atoms with Crippen LogP contribution in [0.1, 0.15) is 103 Å². The van der Waals surface area contributed by atoms with Crippen LogP contribution in [0.3, 0.4) is 0 Å². The van der Waals surface area contributed by atoms with Gasteiger partial charge in [0.1, 0.15) is 5.75 Å². The Morgan fingerprint density at radius 1 is 0.808 bits per heavy atom. The SMILES string of the molecule is CCCCCCCCC(C)(CCCCCC)C(=O)Oc1ccc(C)cc1. The number of carbonyl (C=O) groups is 1. The number of hydrogen-bond donors (Lipinski definition) is 0. The van der Waals surface area contributed by atoms with Gasteiger partial charge in [-0.3, -0.25) is 4.79 Å². The molecule has 1 aromatic carbocycles. The van der Waals surface area contributed by atoms with Gasteiger partial charge in [0.2, 0.25) is 0 Å². The summed E-state index contributed by atoms with van der Waals surface area (Å²) in [4.78, 5) is 12.9. The van der Waals surface area contributed by atoms with Crippen molar-refractivity contribution in [2.24, 2.45) is 5.41 Å². The first kappa shape index (κ1) is 22.7. The molecule has 148 valence electrons. The van der Waals surface area contributed by atoms with E-state index in [9.17, 15) is 4.79 Å². The van der Waals surface area contributed by atoms with Gasteiger partial charge in [-0.25, -0.2) is 0 Å². The topological polar surface area (TPSA) is 26.3 Å². The van der Waals surface area contributed by atoms with Gasteiger partial charge in [-0.05, 0) is 38.8 Å². The number of carbonyl (C=O) groups excluding carboxylic acids is 1. The number of aryl methyl sites for hydroxylation is 1. The van der Waals surface area contributed by atoms with E-state index in [1.807, 2.05) is 31.2 Å². The molecule has 1 aromatic rings. The van der Waals surface area contributed by atoms with E-state index in [-0.39, 0.29) is 11.4 Å². The summed E-state index contributed by atoms with van der Waals surface area (Å²) in [5, 5.41) is 0. The zero-order valence-electron chi connectivity index (χ0n) is 17.6. The predicted octanol–water partition coefficient (Wildman–Crippen LogP) is 7.63. The van der Waals surface area contributed by atoms with Crippen molar-refractivity contribution < 1.29 is 9.53 Å². The average Bonchev–Trinajstić information content (AvgIpc) is 2.63. The minimum atomic E-state index is -0.358. The van der Waals surface area contributed by atoms with Crippen molar-refractivity contribution in [3.63, 3.8) is 0 Å². The van der Waals surface area contributed by atoms with Crippen molar-refractivity contribution in [2.45, 2.75) is 105 Å². The van der Waals surface area contributed by atoms with E-state index < -0.39 is 0 Å². The first-order chi connectivity index (χ1) is 12.5. The molecule has 1 unspecified atom stereocenters. The molecule has 1 rings (SSSR count). The fourth-order valence-electron chi connectivity index (χ4n) is 3.40. The standard InChI is InChI=1S/C24H40O2/c1-5-7-9-11-12-14-20-24(4,19-13-10-8-6-2)23(25)26-22-17-15-21(3)16-18-22/h15-18H,5-14,19-20H2,1-4H3. The van der Waals surface area contributed by atoms with Crippen LogP contribution in [-0.4, -0.2) is 5.97 Å². The van der Waals surface area contributed by atoms with Gasteiger partial charge >= 0.3 is 5.97 Å². The summed E-state index contributed by atoms with van der Waals surface area (Å²) in [7, 11) is 0. The fraction of sp³-hybridized carbons (Fsp3) is 0.708. The number of rotatable bonds is 14. The summed E-state index contributed by atoms with van der Waals surface area (Å²) >= 11 is 0. The zero-order chi connectivity index (χ0) is 19.3. The maximum atomic E-state index is 12.9. The molecule has 0 amide bonds. The lowest BCUT2D eigenvalue weighted by molar-refractivity contribution is -0.146. The lowest BCUT2D eigenvalue weighted by Crippen LogP contribution is -2.32. The molecule has 0 aliphatic heterocycles. The second kappa shape index (κ2) is 12.9. The van der Waals surface area contributed by atoms with E-state index in [0.717, 1.165) is 25.7 Å². The van der Waals surface area contributed by atoms with Crippen LogP contribution in [0.25, 0.3) is 0 Å². The highest BCUT2D eigenvalue weighted by Crippen LogP contribution is 2.33. The molecule has 0 saturated heterocycles. The molecule has 2 nitrogen and oxygen atoms in total. The molecular formula is C24H40O2. The Bertz CT molecular complexity index is 491. The Hall–Kier alpha value is -1.31. The van der Waals surface area contributed by atoms with Crippen LogP contribution in [0.5, 0.6) is 5.75 Å². The summed E-state index contributed by atoms with van der Waals surface area (Å²) < 4.78 is 5.75. The van der Waals surface area contributed by atoms with E-state index in [1.165, 1.54) is 56.9 Å². The van der Waals surface area contributed by atoms with Crippen molar-refractivity contribution in [2.75, 3.05) is 0 Å². The minimum Gasteiger partial charge on any atom is -0.426 e. The molecule has 0 aliphatic carbocycles. The molecule has 26 heavy (non-hydrogen) atoms. The second-order valence-corrected chi connectivity index (χ2v) is 8.09. The molecule has 0 radical (unpaired) electrons. The molecule has 0 fully saturated rings. The Kier molecular flexibility index (Phi) is 11.3. The van der Waals surface area contributed by atoms with Crippen molar-refractivity contribution >= 4 is 5.97 Å². The quantitative estimate of drug-likeness (QED) is 0.194. The van der Waals surface area contributed by atoms with Gasteiger partial charge in [0.15, 0.2) is 0 Å². The highest BCUT2D eigenvalue weighted by atomic mass is 16.5. The molecule has 0 bridgehead atoms. The van der Waals surface area contributed by atoms with Gasteiger partial charge < -0.3 is 4.74 Å². The highest BCUT2D eigenvalue weighted by molar-refractivity contribution is 5.78. The third-order valence-corrected chi connectivity index (χ3v) is 5.39. The largest absolute Gasteiger partial charge is 0.426 e. The van der Waals surface area contributed by atoms with Crippen molar-refractivity contribution in [1.82, 2.24) is 0 Å². The summed E-state index contributed by atoms with van der Waals surface area (Å²) in [6.45, 7) is 8.62. The van der Waals surface area contributed by atoms with Gasteiger partial charge in [-0.2, -0.15) is 0 Å². The van der Waals surface area contributed by atoms with Crippen LogP contribution >= 0.6 is 0 Å². The Balaban J connectivity index is 2.59. The van der Waals surface area contributed by atoms with Crippen LogP contribution < -0.4 is 4.74 Å². The van der Waals surface area contributed by atoms with E-state index in [0.29, 0.717) is 5.75 Å². The Morgan fingerprint density at radius 3 is 1.81 bits per heavy atom. The Labute approximate surface area is 161 Å². The fourth-order valence-corrected chi connectivity index (χ4v) is 3.40. The van der Waals surface area contributed by atoms with Crippen molar-refractivity contribution in [1.29, 1.82) is 0 Å². The molecule has 0 aliphatic rings. The number of unbranched alkanes of at least 4 members (excludes halogenated alkanes) is 8. The molecule has 0 heterocycles. The van der Waals surface area contributed by atoms with Crippen LogP contribution in [0, 0.1) is 12.3 Å². The van der Waals surface area contributed by atoms with E-state index in [1.54, 1.807) is 0 Å². The monoisotopic (exact) mass is 360 g/mol. The maximum absolute atomic E-state index is 12.9. The van der Waals surface area contributed by atoms with Gasteiger partial charge in [0.25, 0.3) is 0 Å². The number of ether oxygens (including phenoxy) is 1. The number of benzene rings is 1. The second-order valence-electron chi connectivity index (χ2n) is 8.09. The first-order valence-electron chi connectivity index (χ1n) is 10.8. The maximum Gasteiger partial charge on any atom is 0.317 e. The van der Waals surface area contributed by atoms with Gasteiger partial charge in [-0.1, -0.05) is 95.8 Å². The molecule has 0 saturated carbocycles. The van der Waals surface area contributed by atoms with Crippen molar-refractivity contribution in [3.05, 3.63) is 29.8 Å². The molecular weight excluding hydrogens is 320 g/mol. The highest BCUT2D eigenvalue weighted by Gasteiger charge is 2.34. The summed E-state index contributed by atoms with van der Waals surface area (Å²) in [5.74, 6) is 0.620. The predicted molar refractivity (Wildman–Crippen MR) is 112 cm³/mol. The van der Waals surface area contributed by atoms with E-state index in [2.05, 4.69) is 20.8 Å². The van der Waals surface area contributed by atoms with Crippen molar-refractivity contribution in [3.8, 4) is 5.75 Å². The van der Waals surface area contributed by atoms with Gasteiger partial charge in [0.05, 0.1) is 5.41 Å². The molecule has 0 N–H and O–H groups in total. The normalized spacial score (nSPS) is 13.4. The van der Waals surface area contributed by atoms with E-state index >= 15 is 0 Å². The van der Waals surface area contributed by atoms with Gasteiger partial charge in [0, 0.05) is 0 Å². The molecule has 0 spiro atoms. The third kappa shape index (κ3) is 8.87. The third-order valence-electron chi connectivity index (χ3n) is 5.39. The van der Waals surface area contributed by atoms with Crippen LogP contribution in [-0.2, 0) is 4.79 Å². The summed E-state index contributed by atoms with van der Waals surface area (Å²) in [6, 6.07) is 7.79. The lowest BCUT2D eigenvalue weighted by Gasteiger charge is -2.27. The minimum absolute atomic E-state index is 0.0496. The van der Waals surface area contributed by atoms with Crippen LogP contribution in [0.4, 0.5) is 0 Å². The zero-order valence-corrected chi connectivity index (χ0v) is 17.6. The van der Waals surface area contributed by atoms with Crippen LogP contribution in [0.15, 0.2) is 24.3 Å². The first-order valence-corrected chi connectivity index (χ1v) is 10.8. The Morgan fingerprint density at radius 2 is 1.27 bits per heavy atom. The van der Waals surface area contributed by atoms with Gasteiger partial charge in [-0.15, -0.1) is 0 Å². The lowest BCUT2D eigenvalue weighted by atomic mass is 9.79. The van der Waals surface area contributed by atoms with E-state index in [4.69, 9.17) is 4.74 Å². The summed E-state index contributed by atoms with van der Waals surface area (Å²) in [6.07, 6.45) is 14.2. The van der Waals surface area contributed by atoms with Crippen LogP contribution in [0.2, 0.25) is 0 Å². The molecule has 1 atom stereocenters. The number of hydrogen-bond acceptors (Lipinski definition) is 2. The number of esters is 1. The summed E-state index contributed by atoms with van der Waals surface area (Å²) in [5.41, 5.74) is 0.822.